The molecule has 0 fully saturated rings. The Morgan fingerprint density at radius 1 is 1.40 bits per heavy atom. The highest BCUT2D eigenvalue weighted by molar-refractivity contribution is 7.91. The van der Waals surface area contributed by atoms with Gasteiger partial charge in [0.15, 0.2) is 9.84 Å². The lowest BCUT2D eigenvalue weighted by atomic mass is 10.3. The van der Waals surface area contributed by atoms with Gasteiger partial charge in [-0.05, 0) is 6.07 Å². The second kappa shape index (κ2) is 3.85. The molecule has 7 heteroatoms. The molecule has 0 aromatic heterocycles. The highest BCUT2D eigenvalue weighted by Gasteiger charge is 2.17. The lowest BCUT2D eigenvalue weighted by Crippen LogP contribution is -2.04. The van der Waals surface area contributed by atoms with E-state index in [9.17, 15) is 18.5 Å². The Hall–Kier alpha value is -1.63. The summed E-state index contributed by atoms with van der Waals surface area (Å²) in [6, 6.07) is 2.82. The topological polar surface area (TPSA) is 97.5 Å². The number of nitrogens with zero attached hydrogens (tertiary/aromatic N) is 1. The summed E-state index contributed by atoms with van der Waals surface area (Å²) in [4.78, 5) is 9.43. The maximum atomic E-state index is 11.4. The standard InChI is InChI=1S/C8H9NO5S/c1-2-15(13,14)8-4-6(9(11)12)3-7(10)5-8/h3-5,10H,2H2,1H3. The monoisotopic (exact) mass is 231 g/mol. The van der Waals surface area contributed by atoms with Gasteiger partial charge >= 0.3 is 0 Å². The first-order valence-corrected chi connectivity index (χ1v) is 5.73. The van der Waals surface area contributed by atoms with E-state index in [-0.39, 0.29) is 10.6 Å². The molecule has 0 heterocycles. The zero-order valence-electron chi connectivity index (χ0n) is 7.87. The molecule has 1 aromatic rings. The maximum Gasteiger partial charge on any atom is 0.274 e. The van der Waals surface area contributed by atoms with Crippen LogP contribution in [0.4, 0.5) is 5.69 Å². The number of nitro groups is 1. The minimum atomic E-state index is -3.54. The Bertz CT molecular complexity index is 494. The van der Waals surface area contributed by atoms with Crippen LogP contribution < -0.4 is 0 Å². The van der Waals surface area contributed by atoms with Crippen molar-refractivity contribution in [1.82, 2.24) is 0 Å². The predicted molar refractivity (Wildman–Crippen MR) is 52.5 cm³/mol. The Morgan fingerprint density at radius 3 is 2.47 bits per heavy atom. The van der Waals surface area contributed by atoms with Crippen molar-refractivity contribution in [2.45, 2.75) is 11.8 Å². The zero-order chi connectivity index (χ0) is 11.6. The number of phenolic OH excluding ortho intramolecular Hbond substituents is 1. The largest absolute Gasteiger partial charge is 0.508 e. The normalized spacial score (nSPS) is 11.3. The molecule has 1 rings (SSSR count). The van der Waals surface area contributed by atoms with E-state index in [0.29, 0.717) is 0 Å². The number of phenols is 1. The molecule has 0 amide bonds. The van der Waals surface area contributed by atoms with Crippen LogP contribution in [0.15, 0.2) is 23.1 Å². The Morgan fingerprint density at radius 2 is 2.00 bits per heavy atom. The second-order valence-corrected chi connectivity index (χ2v) is 5.12. The fraction of sp³-hybridized carbons (Fsp3) is 0.250. The maximum absolute atomic E-state index is 11.4. The smallest absolute Gasteiger partial charge is 0.274 e. The van der Waals surface area contributed by atoms with Crippen molar-refractivity contribution in [2.24, 2.45) is 0 Å². The van der Waals surface area contributed by atoms with Gasteiger partial charge in [0.05, 0.1) is 21.6 Å². The molecule has 0 saturated carbocycles. The quantitative estimate of drug-likeness (QED) is 0.620. The average Bonchev–Trinajstić information content (AvgIpc) is 2.16. The molecule has 0 spiro atoms. The van der Waals surface area contributed by atoms with Crippen LogP contribution in [0.1, 0.15) is 6.92 Å². The van der Waals surface area contributed by atoms with Crippen molar-refractivity contribution in [1.29, 1.82) is 0 Å². The summed E-state index contributed by atoms with van der Waals surface area (Å²) < 4.78 is 22.8. The van der Waals surface area contributed by atoms with Crippen LogP contribution in [0, 0.1) is 10.1 Å². The Balaban J connectivity index is 3.40. The summed E-state index contributed by atoms with van der Waals surface area (Å²) in [5, 5.41) is 19.6. The molecule has 6 nitrogen and oxygen atoms in total. The molecule has 0 radical (unpaired) electrons. The summed E-state index contributed by atoms with van der Waals surface area (Å²) in [5.74, 6) is -0.607. The van der Waals surface area contributed by atoms with Crippen molar-refractivity contribution < 1.29 is 18.4 Å². The molecule has 1 aromatic carbocycles. The minimum absolute atomic E-state index is 0.173. The van der Waals surface area contributed by atoms with Crippen LogP contribution in [0.5, 0.6) is 5.75 Å². The third-order valence-electron chi connectivity index (χ3n) is 1.83. The number of hydrogen-bond donors (Lipinski definition) is 1. The third-order valence-corrected chi connectivity index (χ3v) is 3.54. The highest BCUT2D eigenvalue weighted by Crippen LogP contribution is 2.25. The van der Waals surface area contributed by atoms with Gasteiger partial charge in [0.2, 0.25) is 0 Å². The predicted octanol–water partition coefficient (Wildman–Crippen LogP) is 1.09. The van der Waals surface area contributed by atoms with Gasteiger partial charge in [0.1, 0.15) is 5.75 Å². The summed E-state index contributed by atoms with van der Waals surface area (Å²) in [6.45, 7) is 1.42. The fourth-order valence-corrected chi connectivity index (χ4v) is 1.95. The Kier molecular flexibility index (Phi) is 2.94. The number of non-ortho nitro benzene ring substituents is 1. The molecule has 0 unspecified atom stereocenters. The van der Waals surface area contributed by atoms with Gasteiger partial charge in [-0.1, -0.05) is 6.92 Å². The van der Waals surface area contributed by atoms with E-state index >= 15 is 0 Å². The second-order valence-electron chi connectivity index (χ2n) is 2.85. The zero-order valence-corrected chi connectivity index (χ0v) is 8.69. The molecule has 0 atom stereocenters. The van der Waals surface area contributed by atoms with Crippen LogP contribution in [-0.4, -0.2) is 24.2 Å². The van der Waals surface area contributed by atoms with Crippen molar-refractivity contribution in [3.63, 3.8) is 0 Å². The molecule has 82 valence electrons. The number of aromatic hydroxyl groups is 1. The van der Waals surface area contributed by atoms with E-state index < -0.39 is 26.2 Å². The molecule has 0 aliphatic heterocycles. The van der Waals surface area contributed by atoms with Gasteiger partial charge < -0.3 is 5.11 Å². The van der Waals surface area contributed by atoms with Gasteiger partial charge in [0.25, 0.3) is 5.69 Å². The lowest BCUT2D eigenvalue weighted by molar-refractivity contribution is -0.385. The molecular weight excluding hydrogens is 222 g/mol. The van der Waals surface area contributed by atoms with Gasteiger partial charge in [-0.2, -0.15) is 0 Å². The van der Waals surface area contributed by atoms with Crippen LogP contribution in [0.3, 0.4) is 0 Å². The summed E-state index contributed by atoms with van der Waals surface area (Å²) >= 11 is 0. The SMILES string of the molecule is CCS(=O)(=O)c1cc(O)cc([N+](=O)[O-])c1. The first kappa shape index (κ1) is 11.4. The molecular formula is C8H9NO5S. The number of hydrogen-bond acceptors (Lipinski definition) is 5. The van der Waals surface area contributed by atoms with Gasteiger partial charge in [-0.25, -0.2) is 8.42 Å². The first-order valence-electron chi connectivity index (χ1n) is 4.08. The molecule has 15 heavy (non-hydrogen) atoms. The van der Waals surface area contributed by atoms with Gasteiger partial charge in [-0.15, -0.1) is 0 Å². The molecule has 0 saturated heterocycles. The Labute approximate surface area is 86.2 Å². The summed E-state index contributed by atoms with van der Waals surface area (Å²) in [7, 11) is -3.54. The van der Waals surface area contributed by atoms with E-state index in [1.54, 1.807) is 0 Å². The van der Waals surface area contributed by atoms with E-state index in [2.05, 4.69) is 0 Å². The number of nitro benzene ring substituents is 1. The number of rotatable bonds is 3. The van der Waals surface area contributed by atoms with Crippen molar-refractivity contribution in [3.8, 4) is 5.75 Å². The van der Waals surface area contributed by atoms with E-state index in [0.717, 1.165) is 18.2 Å². The molecule has 0 bridgehead atoms. The molecule has 1 N–H and O–H groups in total. The van der Waals surface area contributed by atoms with Crippen LogP contribution >= 0.6 is 0 Å². The first-order chi connectivity index (χ1) is 6.86. The average molecular weight is 231 g/mol. The third kappa shape index (κ3) is 2.44. The van der Waals surface area contributed by atoms with E-state index in [1.165, 1.54) is 6.92 Å². The van der Waals surface area contributed by atoms with Crippen molar-refractivity contribution >= 4 is 15.5 Å². The van der Waals surface area contributed by atoms with E-state index in [4.69, 9.17) is 5.11 Å². The van der Waals surface area contributed by atoms with Crippen molar-refractivity contribution in [2.75, 3.05) is 5.75 Å². The minimum Gasteiger partial charge on any atom is -0.508 e. The van der Waals surface area contributed by atoms with Crippen LogP contribution in [-0.2, 0) is 9.84 Å². The summed E-state index contributed by atoms with van der Waals surface area (Å²) in [5.41, 5.74) is -0.443. The van der Waals surface area contributed by atoms with Crippen LogP contribution in [0.2, 0.25) is 0 Å². The van der Waals surface area contributed by atoms with Gasteiger partial charge in [-0.3, -0.25) is 10.1 Å². The van der Waals surface area contributed by atoms with E-state index in [1.807, 2.05) is 0 Å². The van der Waals surface area contributed by atoms with Crippen LogP contribution in [0.25, 0.3) is 0 Å². The number of benzene rings is 1. The fourth-order valence-electron chi connectivity index (χ4n) is 1.02. The molecule has 0 aliphatic carbocycles. The molecule has 0 aliphatic rings. The lowest BCUT2D eigenvalue weighted by Gasteiger charge is -2.01. The highest BCUT2D eigenvalue weighted by atomic mass is 32.2. The van der Waals surface area contributed by atoms with Gasteiger partial charge in [0, 0.05) is 6.07 Å². The van der Waals surface area contributed by atoms with Crippen molar-refractivity contribution in [3.05, 3.63) is 28.3 Å². The summed E-state index contributed by atoms with van der Waals surface area (Å²) in [6.07, 6.45) is 0. The number of sulfone groups is 1.